The summed E-state index contributed by atoms with van der Waals surface area (Å²) in [5.74, 6) is -0.404. The molecule has 0 unspecified atom stereocenters. The lowest BCUT2D eigenvalue weighted by Crippen LogP contribution is -2.48. The van der Waals surface area contributed by atoms with Crippen LogP contribution in [0.25, 0.3) is 10.2 Å². The number of amides is 1. The molecule has 1 amide bonds. The summed E-state index contributed by atoms with van der Waals surface area (Å²) in [5.41, 5.74) is 3.76. The number of aromatic nitrogens is 1. The van der Waals surface area contributed by atoms with Crippen LogP contribution in [0.3, 0.4) is 0 Å². The van der Waals surface area contributed by atoms with E-state index >= 15 is 0 Å². The fourth-order valence-electron chi connectivity index (χ4n) is 4.03. The Labute approximate surface area is 192 Å². The van der Waals surface area contributed by atoms with Crippen molar-refractivity contribution in [1.29, 1.82) is 0 Å². The molecule has 0 bridgehead atoms. The quantitative estimate of drug-likeness (QED) is 0.584. The molecule has 1 aliphatic rings. The van der Waals surface area contributed by atoms with Crippen LogP contribution in [-0.4, -0.2) is 48.5 Å². The van der Waals surface area contributed by atoms with Gasteiger partial charge in [0.1, 0.15) is 0 Å². The first-order valence-electron chi connectivity index (χ1n) is 10.5. The minimum atomic E-state index is -3.65. The van der Waals surface area contributed by atoms with Gasteiger partial charge in [0.25, 0.3) is 5.91 Å². The number of hydrogen-bond acceptors (Lipinski definition) is 5. The molecule has 0 aliphatic carbocycles. The van der Waals surface area contributed by atoms with Crippen LogP contribution >= 0.6 is 11.3 Å². The molecule has 4 rings (SSSR count). The molecule has 1 fully saturated rings. The van der Waals surface area contributed by atoms with E-state index in [0.29, 0.717) is 23.5 Å². The Hall–Kier alpha value is -2.33. The highest BCUT2D eigenvalue weighted by Crippen LogP contribution is 2.24. The van der Waals surface area contributed by atoms with Gasteiger partial charge in [-0.2, -0.15) is 9.30 Å². The predicted molar refractivity (Wildman–Crippen MR) is 125 cm³/mol. The number of nitrogens with zero attached hydrogens (tertiary/aromatic N) is 3. The maximum atomic E-state index is 13.0. The molecular weight excluding hydrogens is 446 g/mol. The molecule has 7 nitrogen and oxygen atoms in total. The molecule has 0 N–H and O–H groups in total. The third-order valence-electron chi connectivity index (χ3n) is 5.81. The Morgan fingerprint density at radius 1 is 1.06 bits per heavy atom. The van der Waals surface area contributed by atoms with E-state index in [9.17, 15) is 13.2 Å². The summed E-state index contributed by atoms with van der Waals surface area (Å²) < 4.78 is 36.1. The Kier molecular flexibility index (Phi) is 6.10. The minimum absolute atomic E-state index is 0.161. The van der Waals surface area contributed by atoms with Crippen LogP contribution in [0.1, 0.15) is 35.3 Å². The number of carbonyl (C=O) groups excluding carboxylic acids is 1. The first-order valence-corrected chi connectivity index (χ1v) is 12.7. The number of ether oxygens (including phenoxy) is 1. The molecule has 170 valence electrons. The molecule has 2 atom stereocenters. The van der Waals surface area contributed by atoms with Gasteiger partial charge in [0, 0.05) is 25.7 Å². The lowest BCUT2D eigenvalue weighted by atomic mass is 10.1. The fourth-order valence-corrected chi connectivity index (χ4v) is 6.70. The zero-order valence-corrected chi connectivity index (χ0v) is 20.5. The van der Waals surface area contributed by atoms with Gasteiger partial charge in [0.05, 0.1) is 27.3 Å². The summed E-state index contributed by atoms with van der Waals surface area (Å²) in [6, 6.07) is 10.1. The largest absolute Gasteiger partial charge is 0.373 e. The molecule has 0 saturated carbocycles. The van der Waals surface area contributed by atoms with E-state index in [-0.39, 0.29) is 17.1 Å². The van der Waals surface area contributed by atoms with Crippen LogP contribution in [0.4, 0.5) is 0 Å². The van der Waals surface area contributed by atoms with Crippen molar-refractivity contribution in [3.63, 3.8) is 0 Å². The lowest BCUT2D eigenvalue weighted by molar-refractivity contribution is -0.0440. The van der Waals surface area contributed by atoms with E-state index in [2.05, 4.69) is 24.9 Å². The van der Waals surface area contributed by atoms with Gasteiger partial charge in [0.2, 0.25) is 10.0 Å². The summed E-state index contributed by atoms with van der Waals surface area (Å²) in [7, 11) is -1.75. The van der Waals surface area contributed by atoms with Crippen molar-refractivity contribution in [2.75, 3.05) is 13.1 Å². The number of aryl methyl sites for hydroxylation is 3. The van der Waals surface area contributed by atoms with Gasteiger partial charge in [-0.3, -0.25) is 4.79 Å². The van der Waals surface area contributed by atoms with Crippen molar-refractivity contribution in [2.24, 2.45) is 12.0 Å². The van der Waals surface area contributed by atoms with Crippen molar-refractivity contribution in [2.45, 2.75) is 44.8 Å². The number of hydrogen-bond donors (Lipinski definition) is 0. The molecule has 2 heterocycles. The maximum Gasteiger partial charge on any atom is 0.279 e. The summed E-state index contributed by atoms with van der Waals surface area (Å²) >= 11 is 1.46. The third-order valence-corrected chi connectivity index (χ3v) is 8.75. The Morgan fingerprint density at radius 2 is 1.69 bits per heavy atom. The molecule has 0 spiro atoms. The molecule has 9 heteroatoms. The standard InChI is InChI=1S/C23H27N3O4S2/c1-14-6-11-20-21(17(14)4)25(5)23(31-20)24-22(27)18-7-9-19(10-8-18)32(28,29)26-12-15(2)30-16(3)13-26/h6-11,15-16H,12-13H2,1-5H3/t15-,16-/m0/s1. The van der Waals surface area contributed by atoms with Crippen LogP contribution < -0.4 is 4.80 Å². The monoisotopic (exact) mass is 473 g/mol. The van der Waals surface area contributed by atoms with Crippen LogP contribution in [0.2, 0.25) is 0 Å². The molecule has 2 aromatic carbocycles. The predicted octanol–water partition coefficient (Wildman–Crippen LogP) is 3.40. The van der Waals surface area contributed by atoms with Gasteiger partial charge in [-0.1, -0.05) is 17.4 Å². The van der Waals surface area contributed by atoms with E-state index in [4.69, 9.17) is 4.74 Å². The lowest BCUT2D eigenvalue weighted by Gasteiger charge is -2.34. The average molecular weight is 474 g/mol. The van der Waals surface area contributed by atoms with E-state index in [1.807, 2.05) is 31.5 Å². The number of carbonyl (C=O) groups is 1. The highest BCUT2D eigenvalue weighted by Gasteiger charge is 2.32. The number of fused-ring (bicyclic) bond motifs is 1. The zero-order valence-electron chi connectivity index (χ0n) is 18.8. The molecule has 1 aromatic heterocycles. The summed E-state index contributed by atoms with van der Waals surface area (Å²) in [4.78, 5) is 17.9. The Balaban J connectivity index is 1.62. The molecule has 3 aromatic rings. The molecular formula is C23H27N3O4S2. The van der Waals surface area contributed by atoms with Crippen LogP contribution in [-0.2, 0) is 21.8 Å². The van der Waals surface area contributed by atoms with Gasteiger partial charge in [-0.25, -0.2) is 8.42 Å². The summed E-state index contributed by atoms with van der Waals surface area (Å²) in [6.45, 7) is 8.46. The van der Waals surface area contributed by atoms with Crippen molar-refractivity contribution in [3.8, 4) is 0 Å². The third kappa shape index (κ3) is 4.17. The second-order valence-electron chi connectivity index (χ2n) is 8.32. The molecule has 1 saturated heterocycles. The minimum Gasteiger partial charge on any atom is -0.373 e. The number of sulfonamides is 1. The second-order valence-corrected chi connectivity index (χ2v) is 11.3. The molecule has 0 radical (unpaired) electrons. The highest BCUT2D eigenvalue weighted by atomic mass is 32.2. The summed E-state index contributed by atoms with van der Waals surface area (Å²) in [5, 5.41) is 0. The number of rotatable bonds is 3. The maximum absolute atomic E-state index is 13.0. The zero-order chi connectivity index (χ0) is 23.2. The van der Waals surface area contributed by atoms with Gasteiger partial charge in [-0.15, -0.1) is 0 Å². The van der Waals surface area contributed by atoms with Crippen LogP contribution in [0.5, 0.6) is 0 Å². The normalized spacial score (nSPS) is 20.7. The van der Waals surface area contributed by atoms with Crippen LogP contribution in [0.15, 0.2) is 46.3 Å². The Bertz CT molecular complexity index is 1340. The number of thiazole rings is 1. The molecule has 32 heavy (non-hydrogen) atoms. The molecule has 1 aliphatic heterocycles. The van der Waals surface area contributed by atoms with E-state index in [1.165, 1.54) is 45.5 Å². The topological polar surface area (TPSA) is 81.0 Å². The fraction of sp³-hybridized carbons (Fsp3) is 0.391. The van der Waals surface area contributed by atoms with E-state index in [1.54, 1.807) is 0 Å². The van der Waals surface area contributed by atoms with Crippen molar-refractivity contribution in [1.82, 2.24) is 8.87 Å². The number of benzene rings is 2. The SMILES string of the molecule is Cc1ccc2sc(=NC(=O)c3ccc(S(=O)(=O)N4C[C@H](C)O[C@@H](C)C4)cc3)n(C)c2c1C. The summed E-state index contributed by atoms with van der Waals surface area (Å²) in [6.07, 6.45) is -0.328. The van der Waals surface area contributed by atoms with Crippen LogP contribution in [0, 0.1) is 13.8 Å². The smallest absolute Gasteiger partial charge is 0.279 e. The van der Waals surface area contributed by atoms with Gasteiger partial charge < -0.3 is 9.30 Å². The second kappa shape index (κ2) is 8.55. The first-order chi connectivity index (χ1) is 15.1. The van der Waals surface area contributed by atoms with Crippen molar-refractivity contribution < 1.29 is 17.9 Å². The van der Waals surface area contributed by atoms with E-state index in [0.717, 1.165) is 15.8 Å². The average Bonchev–Trinajstić information content (AvgIpc) is 3.06. The van der Waals surface area contributed by atoms with E-state index < -0.39 is 15.9 Å². The Morgan fingerprint density at radius 3 is 2.31 bits per heavy atom. The number of morpholine rings is 1. The first kappa shape index (κ1) is 22.8. The van der Waals surface area contributed by atoms with Crippen molar-refractivity contribution in [3.05, 3.63) is 57.9 Å². The van der Waals surface area contributed by atoms with Gasteiger partial charge in [0.15, 0.2) is 4.80 Å². The van der Waals surface area contributed by atoms with Gasteiger partial charge in [-0.05, 0) is 69.2 Å². The van der Waals surface area contributed by atoms with Gasteiger partial charge >= 0.3 is 0 Å². The highest BCUT2D eigenvalue weighted by molar-refractivity contribution is 7.89. The van der Waals surface area contributed by atoms with Crippen molar-refractivity contribution >= 4 is 37.5 Å².